The van der Waals surface area contributed by atoms with Crippen molar-refractivity contribution in [3.8, 4) is 0 Å². The molecule has 0 aromatic heterocycles. The standard InChI is InChI=1S/C12H25NO5/c1-11(10-13)9-12(14)18-8-7-17-6-5-16-4-3-15-2/h11H,3-10,13H2,1-2H3. The molecule has 6 heteroatoms. The zero-order chi connectivity index (χ0) is 13.6. The average molecular weight is 263 g/mol. The summed E-state index contributed by atoms with van der Waals surface area (Å²) in [6, 6.07) is 0. The maximum absolute atomic E-state index is 11.2. The fraction of sp³-hybridized carbons (Fsp3) is 0.917. The van der Waals surface area contributed by atoms with Crippen LogP contribution in [0.5, 0.6) is 0 Å². The third kappa shape index (κ3) is 11.8. The Bertz CT molecular complexity index is 201. The SMILES string of the molecule is COCCOCCOCCOC(=O)CC(C)CN. The molecule has 1 unspecified atom stereocenters. The minimum Gasteiger partial charge on any atom is -0.463 e. The van der Waals surface area contributed by atoms with Crippen molar-refractivity contribution in [2.45, 2.75) is 13.3 Å². The maximum Gasteiger partial charge on any atom is 0.306 e. The Labute approximate surface area is 109 Å². The van der Waals surface area contributed by atoms with E-state index in [9.17, 15) is 4.79 Å². The van der Waals surface area contributed by atoms with E-state index >= 15 is 0 Å². The molecule has 0 aromatic rings. The lowest BCUT2D eigenvalue weighted by atomic mass is 10.1. The number of carbonyl (C=O) groups excluding carboxylic acids is 1. The van der Waals surface area contributed by atoms with Crippen LogP contribution in [0.1, 0.15) is 13.3 Å². The lowest BCUT2D eigenvalue weighted by Crippen LogP contribution is -2.18. The van der Waals surface area contributed by atoms with Crippen molar-refractivity contribution in [2.75, 3.05) is 53.3 Å². The topological polar surface area (TPSA) is 80.0 Å². The minimum atomic E-state index is -0.229. The normalized spacial score (nSPS) is 12.4. The van der Waals surface area contributed by atoms with Crippen molar-refractivity contribution in [1.82, 2.24) is 0 Å². The van der Waals surface area contributed by atoms with Gasteiger partial charge in [-0.15, -0.1) is 0 Å². The molecule has 0 fully saturated rings. The molecule has 108 valence electrons. The Kier molecular flexibility index (Phi) is 12.3. The van der Waals surface area contributed by atoms with Crippen LogP contribution in [0.15, 0.2) is 0 Å². The van der Waals surface area contributed by atoms with Gasteiger partial charge in [-0.05, 0) is 12.5 Å². The highest BCUT2D eigenvalue weighted by atomic mass is 16.6. The highest BCUT2D eigenvalue weighted by Crippen LogP contribution is 2.00. The number of ether oxygens (including phenoxy) is 4. The lowest BCUT2D eigenvalue weighted by Gasteiger charge is -2.09. The summed E-state index contributed by atoms with van der Waals surface area (Å²) in [5.74, 6) is -0.0690. The zero-order valence-corrected chi connectivity index (χ0v) is 11.4. The third-order valence-electron chi connectivity index (χ3n) is 2.21. The van der Waals surface area contributed by atoms with E-state index in [2.05, 4.69) is 0 Å². The second kappa shape index (κ2) is 12.8. The second-order valence-electron chi connectivity index (χ2n) is 3.98. The van der Waals surface area contributed by atoms with E-state index in [0.29, 0.717) is 46.0 Å². The fourth-order valence-electron chi connectivity index (χ4n) is 1.11. The van der Waals surface area contributed by atoms with E-state index in [-0.39, 0.29) is 18.5 Å². The molecular weight excluding hydrogens is 238 g/mol. The third-order valence-corrected chi connectivity index (χ3v) is 2.21. The van der Waals surface area contributed by atoms with E-state index in [0.717, 1.165) is 0 Å². The molecule has 0 bridgehead atoms. The van der Waals surface area contributed by atoms with Crippen LogP contribution in [0.25, 0.3) is 0 Å². The number of esters is 1. The van der Waals surface area contributed by atoms with Crippen molar-refractivity contribution >= 4 is 5.97 Å². The molecule has 1 atom stereocenters. The molecule has 6 nitrogen and oxygen atoms in total. The largest absolute Gasteiger partial charge is 0.463 e. The Morgan fingerprint density at radius 3 is 2.17 bits per heavy atom. The first-order valence-corrected chi connectivity index (χ1v) is 6.20. The molecule has 0 rings (SSSR count). The van der Waals surface area contributed by atoms with Crippen LogP contribution in [-0.2, 0) is 23.7 Å². The van der Waals surface area contributed by atoms with Gasteiger partial charge < -0.3 is 24.7 Å². The molecule has 2 N–H and O–H groups in total. The van der Waals surface area contributed by atoms with Crippen LogP contribution in [0.4, 0.5) is 0 Å². The minimum absolute atomic E-state index is 0.160. The van der Waals surface area contributed by atoms with Crippen molar-refractivity contribution < 1.29 is 23.7 Å². The molecule has 0 saturated carbocycles. The molecule has 0 aliphatic rings. The lowest BCUT2D eigenvalue weighted by molar-refractivity contribution is -0.146. The number of carbonyl (C=O) groups is 1. The van der Waals surface area contributed by atoms with Gasteiger partial charge in [-0.25, -0.2) is 0 Å². The summed E-state index contributed by atoms with van der Waals surface area (Å²) in [6.45, 7) is 5.20. The molecule has 0 saturated heterocycles. The number of hydrogen-bond donors (Lipinski definition) is 1. The average Bonchev–Trinajstić information content (AvgIpc) is 2.36. The van der Waals surface area contributed by atoms with Crippen LogP contribution in [0.2, 0.25) is 0 Å². The van der Waals surface area contributed by atoms with Crippen LogP contribution < -0.4 is 5.73 Å². The smallest absolute Gasteiger partial charge is 0.306 e. The molecule has 0 aliphatic carbocycles. The van der Waals surface area contributed by atoms with Crippen molar-refractivity contribution in [2.24, 2.45) is 11.7 Å². The van der Waals surface area contributed by atoms with E-state index in [1.54, 1.807) is 7.11 Å². The van der Waals surface area contributed by atoms with Gasteiger partial charge in [0.2, 0.25) is 0 Å². The first-order valence-electron chi connectivity index (χ1n) is 6.20. The Morgan fingerprint density at radius 2 is 1.61 bits per heavy atom. The second-order valence-corrected chi connectivity index (χ2v) is 3.98. The van der Waals surface area contributed by atoms with Gasteiger partial charge in [0, 0.05) is 13.5 Å². The number of hydrogen-bond acceptors (Lipinski definition) is 6. The van der Waals surface area contributed by atoms with Crippen LogP contribution in [-0.4, -0.2) is 59.3 Å². The molecule has 0 spiro atoms. The van der Waals surface area contributed by atoms with Crippen molar-refractivity contribution in [1.29, 1.82) is 0 Å². The summed E-state index contributed by atoms with van der Waals surface area (Å²) < 4.78 is 20.2. The quantitative estimate of drug-likeness (QED) is 0.400. The monoisotopic (exact) mass is 263 g/mol. The molecule has 0 amide bonds. The van der Waals surface area contributed by atoms with Crippen LogP contribution in [0.3, 0.4) is 0 Å². The predicted octanol–water partition coefficient (Wildman–Crippen LogP) is 0.194. The summed E-state index contributed by atoms with van der Waals surface area (Å²) in [5.41, 5.74) is 5.41. The highest BCUT2D eigenvalue weighted by Gasteiger charge is 2.08. The maximum atomic E-state index is 11.2. The summed E-state index contributed by atoms with van der Waals surface area (Å²) >= 11 is 0. The number of nitrogens with two attached hydrogens (primary N) is 1. The Hall–Kier alpha value is -0.690. The van der Waals surface area contributed by atoms with Gasteiger partial charge >= 0.3 is 5.97 Å². The van der Waals surface area contributed by atoms with Crippen molar-refractivity contribution in [3.05, 3.63) is 0 Å². The van der Waals surface area contributed by atoms with E-state index in [4.69, 9.17) is 24.7 Å². The molecular formula is C12H25NO5. The van der Waals surface area contributed by atoms with Gasteiger partial charge in [0.1, 0.15) is 6.61 Å². The number of rotatable bonds is 12. The first-order chi connectivity index (χ1) is 8.70. The molecule has 0 aliphatic heterocycles. The molecule has 0 radical (unpaired) electrons. The van der Waals surface area contributed by atoms with Crippen LogP contribution in [0, 0.1) is 5.92 Å². The van der Waals surface area contributed by atoms with Gasteiger partial charge in [-0.3, -0.25) is 4.79 Å². The zero-order valence-electron chi connectivity index (χ0n) is 11.4. The van der Waals surface area contributed by atoms with Gasteiger partial charge in [0.05, 0.1) is 33.0 Å². The predicted molar refractivity (Wildman–Crippen MR) is 67.3 cm³/mol. The first kappa shape index (κ1) is 17.3. The number of methoxy groups -OCH3 is 1. The van der Waals surface area contributed by atoms with Gasteiger partial charge in [0.15, 0.2) is 0 Å². The summed E-state index contributed by atoms with van der Waals surface area (Å²) in [5, 5.41) is 0. The summed E-state index contributed by atoms with van der Waals surface area (Å²) in [4.78, 5) is 11.2. The van der Waals surface area contributed by atoms with Crippen LogP contribution >= 0.6 is 0 Å². The summed E-state index contributed by atoms with van der Waals surface area (Å²) in [6.07, 6.45) is 0.358. The van der Waals surface area contributed by atoms with E-state index in [1.807, 2.05) is 6.92 Å². The Balaban J connectivity index is 3.17. The van der Waals surface area contributed by atoms with E-state index in [1.165, 1.54) is 0 Å². The van der Waals surface area contributed by atoms with Gasteiger partial charge in [-0.2, -0.15) is 0 Å². The highest BCUT2D eigenvalue weighted by molar-refractivity contribution is 5.69. The van der Waals surface area contributed by atoms with E-state index < -0.39 is 0 Å². The van der Waals surface area contributed by atoms with Crippen molar-refractivity contribution in [3.63, 3.8) is 0 Å². The molecule has 0 aromatic carbocycles. The molecule has 0 heterocycles. The summed E-state index contributed by atoms with van der Waals surface area (Å²) in [7, 11) is 1.62. The van der Waals surface area contributed by atoms with Gasteiger partial charge in [0.25, 0.3) is 0 Å². The fourth-order valence-corrected chi connectivity index (χ4v) is 1.11. The van der Waals surface area contributed by atoms with Gasteiger partial charge in [-0.1, -0.05) is 6.92 Å². The Morgan fingerprint density at radius 1 is 1.06 bits per heavy atom. The molecule has 18 heavy (non-hydrogen) atoms.